The second-order valence-corrected chi connectivity index (χ2v) is 7.65. The summed E-state index contributed by atoms with van der Waals surface area (Å²) >= 11 is 0. The lowest BCUT2D eigenvalue weighted by molar-refractivity contribution is -0.135. The van der Waals surface area contributed by atoms with E-state index in [4.69, 9.17) is 4.74 Å². The van der Waals surface area contributed by atoms with Crippen LogP contribution in [0.15, 0.2) is 18.2 Å². The zero-order valence-corrected chi connectivity index (χ0v) is 18.0. The topological polar surface area (TPSA) is 53.1 Å². The highest BCUT2D eigenvalue weighted by molar-refractivity contribution is 5.79. The summed E-state index contributed by atoms with van der Waals surface area (Å²) in [5.41, 5.74) is 2.34. The van der Waals surface area contributed by atoms with Gasteiger partial charge in [-0.2, -0.15) is 0 Å². The SMILES string of the molecule is CCN(CC)C(=O)N1CCC(C(=O)N(C)CCOc2cc(C)cc(C)c2)CC1. The Labute approximate surface area is 169 Å². The van der Waals surface area contributed by atoms with Crippen molar-refractivity contribution in [1.29, 1.82) is 0 Å². The maximum Gasteiger partial charge on any atom is 0.319 e. The van der Waals surface area contributed by atoms with Crippen molar-refractivity contribution in [2.75, 3.05) is 46.4 Å². The van der Waals surface area contributed by atoms with Gasteiger partial charge in [0.1, 0.15) is 12.4 Å². The van der Waals surface area contributed by atoms with Crippen LogP contribution in [0.25, 0.3) is 0 Å². The number of nitrogens with zero attached hydrogens (tertiary/aromatic N) is 3. The summed E-state index contributed by atoms with van der Waals surface area (Å²) < 4.78 is 5.82. The van der Waals surface area contributed by atoms with E-state index in [0.29, 0.717) is 26.2 Å². The summed E-state index contributed by atoms with van der Waals surface area (Å²) in [7, 11) is 1.83. The second-order valence-electron chi connectivity index (χ2n) is 7.65. The van der Waals surface area contributed by atoms with Gasteiger partial charge in [0.25, 0.3) is 0 Å². The number of hydrogen-bond acceptors (Lipinski definition) is 3. The molecule has 1 aliphatic heterocycles. The first-order valence-corrected chi connectivity index (χ1v) is 10.4. The van der Waals surface area contributed by atoms with Crippen LogP contribution >= 0.6 is 0 Å². The molecule has 0 N–H and O–H groups in total. The fourth-order valence-electron chi connectivity index (χ4n) is 3.75. The monoisotopic (exact) mass is 389 g/mol. The number of carbonyl (C=O) groups is 2. The molecule has 0 spiro atoms. The highest BCUT2D eigenvalue weighted by Gasteiger charge is 2.30. The molecule has 1 heterocycles. The van der Waals surface area contributed by atoms with Crippen molar-refractivity contribution in [3.8, 4) is 5.75 Å². The average Bonchev–Trinajstić information content (AvgIpc) is 2.67. The third-order valence-electron chi connectivity index (χ3n) is 5.42. The molecule has 1 aliphatic rings. The molecule has 0 atom stereocenters. The van der Waals surface area contributed by atoms with Gasteiger partial charge in [0.15, 0.2) is 0 Å². The summed E-state index contributed by atoms with van der Waals surface area (Å²) in [4.78, 5) is 30.6. The van der Waals surface area contributed by atoms with Crippen molar-refractivity contribution in [1.82, 2.24) is 14.7 Å². The van der Waals surface area contributed by atoms with Crippen molar-refractivity contribution in [3.05, 3.63) is 29.3 Å². The molecule has 1 fully saturated rings. The number of piperidine rings is 1. The second kappa shape index (κ2) is 10.3. The molecule has 2 rings (SSSR count). The summed E-state index contributed by atoms with van der Waals surface area (Å²) in [6.45, 7) is 11.9. The molecule has 28 heavy (non-hydrogen) atoms. The Morgan fingerprint density at radius 3 is 2.18 bits per heavy atom. The lowest BCUT2D eigenvalue weighted by atomic mass is 9.95. The van der Waals surface area contributed by atoms with Crippen LogP contribution in [0.4, 0.5) is 4.79 Å². The first-order valence-electron chi connectivity index (χ1n) is 10.4. The van der Waals surface area contributed by atoms with Crippen LogP contribution in [0, 0.1) is 19.8 Å². The molecule has 1 aromatic rings. The first-order chi connectivity index (χ1) is 13.3. The van der Waals surface area contributed by atoms with Crippen LogP contribution < -0.4 is 4.74 Å². The Morgan fingerprint density at radius 2 is 1.64 bits per heavy atom. The van der Waals surface area contributed by atoms with Crippen LogP contribution in [-0.2, 0) is 4.79 Å². The van der Waals surface area contributed by atoms with Gasteiger partial charge in [-0.15, -0.1) is 0 Å². The van der Waals surface area contributed by atoms with Crippen LogP contribution in [0.2, 0.25) is 0 Å². The van der Waals surface area contributed by atoms with Crippen LogP contribution in [0.1, 0.15) is 37.8 Å². The maximum absolute atomic E-state index is 12.7. The molecule has 6 nitrogen and oxygen atoms in total. The van der Waals surface area contributed by atoms with E-state index in [1.54, 1.807) is 4.90 Å². The van der Waals surface area contributed by atoms with Gasteiger partial charge in [-0.25, -0.2) is 4.79 Å². The number of rotatable bonds is 7. The number of carbonyl (C=O) groups excluding carboxylic acids is 2. The number of likely N-dealkylation sites (N-methyl/N-ethyl adjacent to an activating group) is 1. The van der Waals surface area contributed by atoms with Gasteiger partial charge in [0.05, 0.1) is 6.54 Å². The minimum Gasteiger partial charge on any atom is -0.492 e. The van der Waals surface area contributed by atoms with Gasteiger partial charge in [-0.1, -0.05) is 6.07 Å². The van der Waals surface area contributed by atoms with Crippen molar-refractivity contribution < 1.29 is 14.3 Å². The zero-order valence-electron chi connectivity index (χ0n) is 18.0. The lowest BCUT2D eigenvalue weighted by Gasteiger charge is -2.35. The molecule has 0 aromatic heterocycles. The summed E-state index contributed by atoms with van der Waals surface area (Å²) in [5.74, 6) is 0.993. The molecule has 0 bridgehead atoms. The molecule has 0 saturated carbocycles. The normalized spacial score (nSPS) is 14.7. The van der Waals surface area contributed by atoms with Crippen LogP contribution in [0.5, 0.6) is 5.75 Å². The van der Waals surface area contributed by atoms with Gasteiger partial charge < -0.3 is 19.4 Å². The van der Waals surface area contributed by atoms with Gasteiger partial charge in [-0.05, 0) is 63.8 Å². The van der Waals surface area contributed by atoms with E-state index in [9.17, 15) is 9.59 Å². The molecule has 6 heteroatoms. The fraction of sp³-hybridized carbons (Fsp3) is 0.636. The number of ether oxygens (including phenoxy) is 1. The number of aryl methyl sites for hydroxylation is 2. The van der Waals surface area contributed by atoms with E-state index in [2.05, 4.69) is 6.07 Å². The average molecular weight is 390 g/mol. The molecule has 1 aromatic carbocycles. The first kappa shape index (κ1) is 22.1. The zero-order chi connectivity index (χ0) is 20.7. The van der Waals surface area contributed by atoms with Crippen molar-refractivity contribution in [2.24, 2.45) is 5.92 Å². The molecule has 0 radical (unpaired) electrons. The molecule has 0 unspecified atom stereocenters. The molecule has 3 amide bonds. The van der Waals surface area contributed by atoms with Crippen molar-refractivity contribution in [3.63, 3.8) is 0 Å². The van der Waals surface area contributed by atoms with E-state index in [1.165, 1.54) is 11.1 Å². The molecular weight excluding hydrogens is 354 g/mol. The summed E-state index contributed by atoms with van der Waals surface area (Å²) in [5, 5.41) is 0. The number of urea groups is 1. The van der Waals surface area contributed by atoms with E-state index < -0.39 is 0 Å². The molecule has 156 valence electrons. The Kier molecular flexibility index (Phi) is 8.15. The number of likely N-dealkylation sites (tertiary alicyclic amines) is 1. The minimum atomic E-state index is -0.00744. The largest absolute Gasteiger partial charge is 0.492 e. The lowest BCUT2D eigenvalue weighted by Crippen LogP contribution is -2.48. The highest BCUT2D eigenvalue weighted by atomic mass is 16.5. The highest BCUT2D eigenvalue weighted by Crippen LogP contribution is 2.21. The third-order valence-corrected chi connectivity index (χ3v) is 5.42. The van der Waals surface area contributed by atoms with Gasteiger partial charge in [0, 0.05) is 39.1 Å². The Morgan fingerprint density at radius 1 is 1.07 bits per heavy atom. The van der Waals surface area contributed by atoms with E-state index in [0.717, 1.165) is 31.7 Å². The Bertz CT molecular complexity index is 645. The fourth-order valence-corrected chi connectivity index (χ4v) is 3.75. The maximum atomic E-state index is 12.7. The predicted octanol–water partition coefficient (Wildman–Crippen LogP) is 3.31. The molecular formula is C22H35N3O3. The molecule has 1 saturated heterocycles. The quantitative estimate of drug-likeness (QED) is 0.719. The van der Waals surface area contributed by atoms with Crippen LogP contribution in [-0.4, -0.2) is 73.0 Å². The summed E-state index contributed by atoms with van der Waals surface area (Å²) in [6.07, 6.45) is 1.46. The van der Waals surface area contributed by atoms with E-state index >= 15 is 0 Å². The summed E-state index contributed by atoms with van der Waals surface area (Å²) in [6, 6.07) is 6.22. The smallest absolute Gasteiger partial charge is 0.319 e. The minimum absolute atomic E-state index is 0.00744. The molecule has 0 aliphatic carbocycles. The predicted molar refractivity (Wildman–Crippen MR) is 112 cm³/mol. The van der Waals surface area contributed by atoms with Crippen LogP contribution in [0.3, 0.4) is 0 Å². The Balaban J connectivity index is 1.77. The van der Waals surface area contributed by atoms with Gasteiger partial charge in [0.2, 0.25) is 5.91 Å². The third kappa shape index (κ3) is 5.88. The van der Waals surface area contributed by atoms with Gasteiger partial charge in [-0.3, -0.25) is 4.79 Å². The van der Waals surface area contributed by atoms with E-state index in [1.807, 2.05) is 56.7 Å². The number of hydrogen-bond donors (Lipinski definition) is 0. The van der Waals surface area contributed by atoms with Crippen molar-refractivity contribution in [2.45, 2.75) is 40.5 Å². The van der Waals surface area contributed by atoms with Crippen molar-refractivity contribution >= 4 is 11.9 Å². The van der Waals surface area contributed by atoms with E-state index in [-0.39, 0.29) is 17.9 Å². The number of benzene rings is 1. The Hall–Kier alpha value is -2.24. The number of amides is 3. The van der Waals surface area contributed by atoms with Gasteiger partial charge >= 0.3 is 6.03 Å². The standard InChI is InChI=1S/C22H35N3O3/c1-6-24(7-2)22(27)25-10-8-19(9-11-25)21(26)23(5)12-13-28-20-15-17(3)14-18(4)16-20/h14-16,19H,6-13H2,1-5H3.